The summed E-state index contributed by atoms with van der Waals surface area (Å²) in [5, 5.41) is 0. The van der Waals surface area contributed by atoms with Gasteiger partial charge in [0.15, 0.2) is 0 Å². The zero-order chi connectivity index (χ0) is 13.8. The van der Waals surface area contributed by atoms with Crippen molar-refractivity contribution in [2.45, 2.75) is 25.8 Å². The van der Waals surface area contributed by atoms with Crippen molar-refractivity contribution in [1.29, 1.82) is 0 Å². The molecule has 106 valence electrons. The Morgan fingerprint density at radius 1 is 1.47 bits per heavy atom. The summed E-state index contributed by atoms with van der Waals surface area (Å²) in [6.45, 7) is 4.01. The van der Waals surface area contributed by atoms with E-state index in [1.54, 1.807) is 6.07 Å². The first-order valence-electron chi connectivity index (χ1n) is 6.92. The minimum atomic E-state index is -0.223. The molecule has 0 saturated heterocycles. The van der Waals surface area contributed by atoms with Gasteiger partial charge in [-0.15, -0.1) is 0 Å². The van der Waals surface area contributed by atoms with Crippen LogP contribution in [0.4, 0.5) is 10.1 Å². The van der Waals surface area contributed by atoms with Crippen LogP contribution >= 0.6 is 0 Å². The van der Waals surface area contributed by atoms with Crippen LogP contribution in [-0.4, -0.2) is 26.8 Å². The van der Waals surface area contributed by atoms with Crippen molar-refractivity contribution in [2.24, 2.45) is 11.7 Å². The minimum Gasteiger partial charge on any atom is -0.379 e. The van der Waals surface area contributed by atoms with Gasteiger partial charge in [0.25, 0.3) is 0 Å². The smallest absolute Gasteiger partial charge is 0.146 e. The molecule has 1 fully saturated rings. The highest BCUT2D eigenvalue weighted by Crippen LogP contribution is 2.29. The van der Waals surface area contributed by atoms with Crippen LogP contribution < -0.4 is 10.6 Å². The standard InChI is InChI=1S/C15H23FN2O/c1-11(17)13-4-3-5-14(16)15(13)18(2)8-9-19-10-12-6-7-12/h3-5,11-12H,6-10,17H2,1-2H3. The quantitative estimate of drug-likeness (QED) is 0.771. The largest absolute Gasteiger partial charge is 0.379 e. The molecule has 1 saturated carbocycles. The Labute approximate surface area is 114 Å². The molecule has 1 aromatic carbocycles. The molecule has 2 rings (SSSR count). The SMILES string of the molecule is CC(N)c1cccc(F)c1N(C)CCOCC1CC1. The molecule has 1 aliphatic carbocycles. The Hall–Kier alpha value is -1.13. The zero-order valence-corrected chi connectivity index (χ0v) is 11.7. The van der Waals surface area contributed by atoms with Crippen molar-refractivity contribution < 1.29 is 9.13 Å². The molecule has 0 radical (unpaired) electrons. The van der Waals surface area contributed by atoms with Crippen LogP contribution in [0.25, 0.3) is 0 Å². The molecule has 1 aliphatic rings. The maximum Gasteiger partial charge on any atom is 0.146 e. The number of hydrogen-bond acceptors (Lipinski definition) is 3. The second-order valence-corrected chi connectivity index (χ2v) is 5.41. The Bertz CT molecular complexity index is 419. The fraction of sp³-hybridized carbons (Fsp3) is 0.600. The average Bonchev–Trinajstić information content (AvgIpc) is 3.18. The van der Waals surface area contributed by atoms with Gasteiger partial charge < -0.3 is 15.4 Å². The average molecular weight is 266 g/mol. The van der Waals surface area contributed by atoms with E-state index in [2.05, 4.69) is 0 Å². The summed E-state index contributed by atoms with van der Waals surface area (Å²) in [5.74, 6) is 0.540. The van der Waals surface area contributed by atoms with Gasteiger partial charge in [-0.2, -0.15) is 0 Å². The fourth-order valence-corrected chi connectivity index (χ4v) is 2.15. The molecule has 0 bridgehead atoms. The van der Waals surface area contributed by atoms with Crippen LogP contribution in [0.15, 0.2) is 18.2 Å². The van der Waals surface area contributed by atoms with E-state index in [1.165, 1.54) is 18.9 Å². The van der Waals surface area contributed by atoms with Crippen LogP contribution in [-0.2, 0) is 4.74 Å². The van der Waals surface area contributed by atoms with E-state index in [0.717, 1.165) is 18.1 Å². The Morgan fingerprint density at radius 2 is 2.21 bits per heavy atom. The summed E-state index contributed by atoms with van der Waals surface area (Å²) >= 11 is 0. The van der Waals surface area contributed by atoms with Crippen LogP contribution in [0.2, 0.25) is 0 Å². The van der Waals surface area contributed by atoms with Crippen molar-refractivity contribution in [3.05, 3.63) is 29.6 Å². The van der Waals surface area contributed by atoms with E-state index >= 15 is 0 Å². The summed E-state index contributed by atoms with van der Waals surface area (Å²) in [7, 11) is 1.88. The van der Waals surface area contributed by atoms with Gasteiger partial charge in [0.2, 0.25) is 0 Å². The second-order valence-electron chi connectivity index (χ2n) is 5.41. The third kappa shape index (κ3) is 3.91. The predicted molar refractivity (Wildman–Crippen MR) is 75.8 cm³/mol. The zero-order valence-electron chi connectivity index (χ0n) is 11.7. The van der Waals surface area contributed by atoms with E-state index in [0.29, 0.717) is 18.8 Å². The monoisotopic (exact) mass is 266 g/mol. The molecule has 0 spiro atoms. The molecule has 0 heterocycles. The number of ether oxygens (including phenoxy) is 1. The number of halogens is 1. The van der Waals surface area contributed by atoms with Crippen molar-refractivity contribution >= 4 is 5.69 Å². The highest BCUT2D eigenvalue weighted by atomic mass is 19.1. The van der Waals surface area contributed by atoms with Crippen LogP contribution in [0.1, 0.15) is 31.4 Å². The molecule has 4 heteroatoms. The molecule has 19 heavy (non-hydrogen) atoms. The molecule has 3 nitrogen and oxygen atoms in total. The van der Waals surface area contributed by atoms with Gasteiger partial charge in [0.1, 0.15) is 5.82 Å². The lowest BCUT2D eigenvalue weighted by atomic mass is 10.1. The molecule has 0 aliphatic heterocycles. The van der Waals surface area contributed by atoms with Crippen molar-refractivity contribution in [1.82, 2.24) is 0 Å². The third-order valence-corrected chi connectivity index (χ3v) is 3.51. The first kappa shape index (κ1) is 14.3. The Balaban J connectivity index is 1.94. The molecule has 1 atom stereocenters. The van der Waals surface area contributed by atoms with Crippen molar-refractivity contribution in [2.75, 3.05) is 31.7 Å². The van der Waals surface area contributed by atoms with E-state index in [9.17, 15) is 4.39 Å². The number of rotatable bonds is 7. The lowest BCUT2D eigenvalue weighted by Gasteiger charge is -2.24. The van der Waals surface area contributed by atoms with E-state index in [4.69, 9.17) is 10.5 Å². The summed E-state index contributed by atoms with van der Waals surface area (Å²) in [4.78, 5) is 1.89. The highest BCUT2D eigenvalue weighted by Gasteiger charge is 2.21. The molecule has 1 unspecified atom stereocenters. The summed E-state index contributed by atoms with van der Waals surface area (Å²) in [6.07, 6.45) is 2.58. The van der Waals surface area contributed by atoms with Gasteiger partial charge >= 0.3 is 0 Å². The van der Waals surface area contributed by atoms with Crippen LogP contribution in [0.5, 0.6) is 0 Å². The first-order valence-corrected chi connectivity index (χ1v) is 6.92. The van der Waals surface area contributed by atoms with Crippen LogP contribution in [0.3, 0.4) is 0 Å². The van der Waals surface area contributed by atoms with Gasteiger partial charge in [0, 0.05) is 26.2 Å². The van der Waals surface area contributed by atoms with Crippen molar-refractivity contribution in [3.63, 3.8) is 0 Å². The molecule has 1 aromatic rings. The fourth-order valence-electron chi connectivity index (χ4n) is 2.15. The normalized spacial score (nSPS) is 16.4. The molecule has 0 amide bonds. The van der Waals surface area contributed by atoms with Gasteiger partial charge in [-0.3, -0.25) is 0 Å². The summed E-state index contributed by atoms with van der Waals surface area (Å²) in [5.41, 5.74) is 7.33. The number of benzene rings is 1. The predicted octanol–water partition coefficient (Wildman–Crippen LogP) is 2.71. The molecule has 2 N–H and O–H groups in total. The Morgan fingerprint density at radius 3 is 2.84 bits per heavy atom. The summed E-state index contributed by atoms with van der Waals surface area (Å²) < 4.78 is 19.6. The van der Waals surface area contributed by atoms with Gasteiger partial charge in [0.05, 0.1) is 12.3 Å². The van der Waals surface area contributed by atoms with E-state index in [-0.39, 0.29) is 11.9 Å². The number of nitrogens with zero attached hydrogens (tertiary/aromatic N) is 1. The van der Waals surface area contributed by atoms with E-state index in [1.807, 2.05) is 24.9 Å². The number of likely N-dealkylation sites (N-methyl/N-ethyl adjacent to an activating group) is 1. The maximum absolute atomic E-state index is 14.0. The van der Waals surface area contributed by atoms with Crippen molar-refractivity contribution in [3.8, 4) is 0 Å². The van der Waals surface area contributed by atoms with Gasteiger partial charge in [-0.1, -0.05) is 12.1 Å². The van der Waals surface area contributed by atoms with Gasteiger partial charge in [-0.25, -0.2) is 4.39 Å². The number of anilines is 1. The first-order chi connectivity index (χ1) is 9.09. The third-order valence-electron chi connectivity index (χ3n) is 3.51. The minimum absolute atomic E-state index is 0.180. The van der Waals surface area contributed by atoms with Gasteiger partial charge in [-0.05, 0) is 37.3 Å². The van der Waals surface area contributed by atoms with E-state index < -0.39 is 0 Å². The maximum atomic E-state index is 14.0. The lowest BCUT2D eigenvalue weighted by Crippen LogP contribution is -2.26. The van der Waals surface area contributed by atoms with Crippen LogP contribution in [0, 0.1) is 11.7 Å². The Kier molecular flexibility index (Phi) is 4.77. The lowest BCUT2D eigenvalue weighted by molar-refractivity contribution is 0.130. The number of hydrogen-bond donors (Lipinski definition) is 1. The highest BCUT2D eigenvalue weighted by molar-refractivity contribution is 5.55. The summed E-state index contributed by atoms with van der Waals surface area (Å²) in [6, 6.07) is 4.88. The molecular weight excluding hydrogens is 243 g/mol. The second kappa shape index (κ2) is 6.35. The number of nitrogens with two attached hydrogens (primary N) is 1. The number of para-hydroxylation sites is 1. The topological polar surface area (TPSA) is 38.5 Å². The molecule has 0 aromatic heterocycles. The molecular formula is C15H23FN2O.